The van der Waals surface area contributed by atoms with Gasteiger partial charge in [-0.15, -0.1) is 0 Å². The summed E-state index contributed by atoms with van der Waals surface area (Å²) in [4.78, 5) is 41.7. The molecule has 3 rings (SSSR count). The number of azide groups is 1. The topological polar surface area (TPSA) is 211 Å². The molecule has 0 radical (unpaired) electrons. The average Bonchev–Trinajstić information content (AvgIpc) is 3.16. The van der Waals surface area contributed by atoms with Crippen LogP contribution in [-0.2, 0) is 19.2 Å². The molecule has 0 spiro atoms. The summed E-state index contributed by atoms with van der Waals surface area (Å²) in [6.07, 6.45) is -1.00. The van der Waals surface area contributed by atoms with Crippen LogP contribution >= 0.6 is 0 Å². The molecule has 0 aromatic carbocycles. The standard InChI is InChI=1S/C12H12N8O6/c13-8-6-9(16-4-15-8)20(5-17-6)10-7(23)12(24,2-22)11(1-21,26-10)3-25-19-18-14/h1-2,4-5,7,10,23-24H,3H2,(H2,13,15,16)/t7-,10+,11+,12-/m0/s1. The van der Waals surface area contributed by atoms with Gasteiger partial charge in [0.25, 0.3) is 0 Å². The summed E-state index contributed by atoms with van der Waals surface area (Å²) in [5.41, 5.74) is 9.23. The number of hydrogen-bond acceptors (Lipinski definition) is 11. The lowest BCUT2D eigenvalue weighted by molar-refractivity contribution is -0.178. The Hall–Kier alpha value is -3.32. The van der Waals surface area contributed by atoms with E-state index in [-0.39, 0.29) is 29.6 Å². The molecule has 2 aromatic heterocycles. The summed E-state index contributed by atoms with van der Waals surface area (Å²) >= 11 is 0. The van der Waals surface area contributed by atoms with E-state index in [9.17, 15) is 19.8 Å². The first kappa shape index (κ1) is 17.5. The molecule has 136 valence electrons. The molecule has 4 N–H and O–H groups in total. The Morgan fingerprint density at radius 3 is 2.88 bits per heavy atom. The number of rotatable bonds is 6. The maximum Gasteiger partial charge on any atom is 0.198 e. The normalized spacial score (nSPS) is 30.7. The van der Waals surface area contributed by atoms with Crippen molar-refractivity contribution < 1.29 is 29.4 Å². The molecule has 1 saturated heterocycles. The minimum Gasteiger partial charge on any atom is -0.430 e. The van der Waals surface area contributed by atoms with E-state index in [0.29, 0.717) is 0 Å². The number of imidazole rings is 1. The average molecular weight is 364 g/mol. The van der Waals surface area contributed by atoms with Crippen molar-refractivity contribution in [3.8, 4) is 0 Å². The summed E-state index contributed by atoms with van der Waals surface area (Å²) in [7, 11) is 0. The Kier molecular flexibility index (Phi) is 4.17. The van der Waals surface area contributed by atoms with Crippen LogP contribution in [0, 0.1) is 0 Å². The second-order valence-electron chi connectivity index (χ2n) is 5.43. The third-order valence-electron chi connectivity index (χ3n) is 4.13. The lowest BCUT2D eigenvalue weighted by atomic mass is 9.83. The molecule has 4 atom stereocenters. The number of aliphatic hydroxyl groups is 2. The molecule has 1 aliphatic heterocycles. The zero-order valence-electron chi connectivity index (χ0n) is 12.9. The molecule has 2 aromatic rings. The van der Waals surface area contributed by atoms with Crippen LogP contribution in [0.25, 0.3) is 21.6 Å². The maximum atomic E-state index is 11.6. The highest BCUT2D eigenvalue weighted by Gasteiger charge is 2.67. The largest absolute Gasteiger partial charge is 0.430 e. The van der Waals surface area contributed by atoms with Crippen LogP contribution in [0.3, 0.4) is 0 Å². The highest BCUT2D eigenvalue weighted by Crippen LogP contribution is 2.43. The van der Waals surface area contributed by atoms with Crippen LogP contribution in [0.4, 0.5) is 5.82 Å². The Morgan fingerprint density at radius 1 is 1.46 bits per heavy atom. The van der Waals surface area contributed by atoms with Crippen LogP contribution in [0.15, 0.2) is 17.9 Å². The van der Waals surface area contributed by atoms with Gasteiger partial charge >= 0.3 is 0 Å². The van der Waals surface area contributed by atoms with Crippen molar-refractivity contribution >= 4 is 29.6 Å². The number of carbonyl (C=O) groups excluding carboxylic acids is 2. The van der Waals surface area contributed by atoms with E-state index in [1.165, 1.54) is 10.9 Å². The smallest absolute Gasteiger partial charge is 0.198 e. The molecule has 0 aliphatic carbocycles. The van der Waals surface area contributed by atoms with Crippen molar-refractivity contribution in [3.63, 3.8) is 0 Å². The minimum atomic E-state index is -2.69. The van der Waals surface area contributed by atoms with Crippen LogP contribution < -0.4 is 5.73 Å². The number of aromatic nitrogens is 4. The number of hydrogen-bond donors (Lipinski definition) is 3. The minimum absolute atomic E-state index is 0.0476. The van der Waals surface area contributed by atoms with E-state index in [4.69, 9.17) is 16.0 Å². The van der Waals surface area contributed by atoms with E-state index >= 15 is 0 Å². The van der Waals surface area contributed by atoms with E-state index in [2.05, 4.69) is 30.0 Å². The van der Waals surface area contributed by atoms with Gasteiger partial charge in [0.1, 0.15) is 29.8 Å². The van der Waals surface area contributed by atoms with Gasteiger partial charge in [-0.05, 0) is 5.53 Å². The second kappa shape index (κ2) is 6.20. The molecule has 0 unspecified atom stereocenters. The maximum absolute atomic E-state index is 11.6. The molecular formula is C12H12N8O6. The molecule has 14 heteroatoms. The fraction of sp³-hybridized carbons (Fsp3) is 0.417. The number of nitrogens with zero attached hydrogens (tertiary/aromatic N) is 7. The third-order valence-corrected chi connectivity index (χ3v) is 4.13. The predicted octanol–water partition coefficient (Wildman–Crippen LogP) is -1.59. The van der Waals surface area contributed by atoms with Gasteiger partial charge in [0, 0.05) is 4.91 Å². The van der Waals surface area contributed by atoms with Crippen LogP contribution in [-0.4, -0.2) is 66.2 Å². The van der Waals surface area contributed by atoms with Crippen LogP contribution in [0.1, 0.15) is 6.23 Å². The van der Waals surface area contributed by atoms with Gasteiger partial charge in [0.15, 0.2) is 41.5 Å². The Balaban J connectivity index is 2.09. The van der Waals surface area contributed by atoms with Gasteiger partial charge in [0.05, 0.1) is 6.33 Å². The number of aliphatic hydroxyl groups excluding tert-OH is 1. The molecule has 14 nitrogen and oxygen atoms in total. The van der Waals surface area contributed by atoms with Crippen molar-refractivity contribution in [1.82, 2.24) is 19.5 Å². The predicted molar refractivity (Wildman–Crippen MR) is 80.8 cm³/mol. The summed E-state index contributed by atoms with van der Waals surface area (Å²) in [5, 5.41) is 23.9. The second-order valence-corrected chi connectivity index (χ2v) is 5.43. The number of nitrogens with two attached hydrogens (primary N) is 1. The van der Waals surface area contributed by atoms with E-state index in [1.807, 2.05) is 0 Å². The van der Waals surface area contributed by atoms with Gasteiger partial charge in [0.2, 0.25) is 0 Å². The summed E-state index contributed by atoms with van der Waals surface area (Å²) in [5.74, 6) is 0.0558. The zero-order valence-corrected chi connectivity index (χ0v) is 12.9. The summed E-state index contributed by atoms with van der Waals surface area (Å²) < 4.78 is 6.64. The number of anilines is 1. The van der Waals surface area contributed by atoms with Crippen LogP contribution in [0.2, 0.25) is 0 Å². The molecule has 0 amide bonds. The van der Waals surface area contributed by atoms with Crippen molar-refractivity contribution in [2.24, 2.45) is 5.28 Å². The van der Waals surface area contributed by atoms with Gasteiger partial charge in [-0.3, -0.25) is 14.2 Å². The monoisotopic (exact) mass is 364 g/mol. The van der Waals surface area contributed by atoms with Gasteiger partial charge in [-0.1, -0.05) is 0 Å². The summed E-state index contributed by atoms with van der Waals surface area (Å²) in [6, 6.07) is 0. The van der Waals surface area contributed by atoms with Crippen LogP contribution in [0.5, 0.6) is 0 Å². The molecule has 3 heterocycles. The molecular weight excluding hydrogens is 352 g/mol. The first-order valence-corrected chi connectivity index (χ1v) is 7.04. The molecule has 0 bridgehead atoms. The van der Waals surface area contributed by atoms with E-state index in [1.54, 1.807) is 0 Å². The number of ether oxygens (including phenoxy) is 1. The van der Waals surface area contributed by atoms with Crippen molar-refractivity contribution in [2.75, 3.05) is 12.3 Å². The number of fused-ring (bicyclic) bond motifs is 1. The lowest BCUT2D eigenvalue weighted by Gasteiger charge is -2.31. The Bertz CT molecular complexity index is 912. The molecule has 26 heavy (non-hydrogen) atoms. The van der Waals surface area contributed by atoms with Gasteiger partial charge in [-0.25, -0.2) is 15.0 Å². The first-order valence-electron chi connectivity index (χ1n) is 7.04. The zero-order chi connectivity index (χ0) is 18.9. The van der Waals surface area contributed by atoms with Gasteiger partial charge in [-0.2, -0.15) is 0 Å². The highest BCUT2D eigenvalue weighted by molar-refractivity contribution is 5.82. The number of nitrogen functional groups attached to an aromatic ring is 1. The third kappa shape index (κ3) is 2.25. The van der Waals surface area contributed by atoms with E-state index in [0.717, 1.165) is 6.33 Å². The SMILES string of the molecule is [N-]=[N+]=NOC[C@@]1(C=O)O[C@@H](n2cnc3c(N)ncnc32)[C@H](O)[C@@]1(O)C=O. The Morgan fingerprint density at radius 2 is 2.23 bits per heavy atom. The lowest BCUT2D eigenvalue weighted by Crippen LogP contribution is -2.61. The quantitative estimate of drug-likeness (QED) is 0.176. The van der Waals surface area contributed by atoms with Crippen molar-refractivity contribution in [1.29, 1.82) is 0 Å². The molecule has 1 aliphatic rings. The number of carbonyl (C=O) groups is 2. The Labute approximate surface area is 143 Å². The van der Waals surface area contributed by atoms with E-state index < -0.39 is 30.1 Å². The molecule has 0 saturated carbocycles. The fourth-order valence-corrected chi connectivity index (χ4v) is 2.73. The fourth-order valence-electron chi connectivity index (χ4n) is 2.73. The first-order chi connectivity index (χ1) is 12.4. The van der Waals surface area contributed by atoms with Crippen molar-refractivity contribution in [2.45, 2.75) is 23.5 Å². The number of aldehydes is 2. The van der Waals surface area contributed by atoms with Crippen molar-refractivity contribution in [3.05, 3.63) is 23.1 Å². The summed E-state index contributed by atoms with van der Waals surface area (Å²) in [6.45, 7) is -0.826. The highest BCUT2D eigenvalue weighted by atomic mass is 16.7. The molecule has 1 fully saturated rings. The van der Waals surface area contributed by atoms with Gasteiger partial charge < -0.3 is 25.5 Å².